The van der Waals surface area contributed by atoms with E-state index in [1.165, 1.54) is 12.8 Å². The molecule has 1 aliphatic rings. The number of nitrogens with one attached hydrogen (secondary N) is 1. The first-order valence-corrected chi connectivity index (χ1v) is 7.12. The molecule has 1 fully saturated rings. The van der Waals surface area contributed by atoms with Crippen molar-refractivity contribution in [2.45, 2.75) is 25.8 Å². The van der Waals surface area contributed by atoms with Gasteiger partial charge in [0.2, 0.25) is 0 Å². The number of aryl methyl sites for hydroxylation is 1. The zero-order chi connectivity index (χ0) is 13.1. The van der Waals surface area contributed by atoms with Crippen LogP contribution < -0.4 is 5.32 Å². The molecule has 1 N–H and O–H groups in total. The van der Waals surface area contributed by atoms with Crippen molar-refractivity contribution in [3.05, 3.63) is 33.8 Å². The first kappa shape index (κ1) is 13.6. The highest BCUT2D eigenvalue weighted by molar-refractivity contribution is 9.10. The maximum Gasteiger partial charge on any atom is 0.251 e. The maximum absolute atomic E-state index is 12.0. The lowest BCUT2D eigenvalue weighted by molar-refractivity contribution is 0.0943. The first-order valence-electron chi connectivity index (χ1n) is 6.32. The average molecular weight is 311 g/mol. The Morgan fingerprint density at radius 3 is 2.94 bits per heavy atom. The lowest BCUT2D eigenvalue weighted by Gasteiger charge is -2.19. The molecular formula is C14H19BrN2O. The Hall–Kier alpha value is -0.870. The summed E-state index contributed by atoms with van der Waals surface area (Å²) in [6, 6.07) is 6.19. The van der Waals surface area contributed by atoms with Gasteiger partial charge in [-0.05, 0) is 51.1 Å². The van der Waals surface area contributed by atoms with Crippen LogP contribution in [0.3, 0.4) is 0 Å². The summed E-state index contributed by atoms with van der Waals surface area (Å²) < 4.78 is 0.980. The Kier molecular flexibility index (Phi) is 4.40. The van der Waals surface area contributed by atoms with Gasteiger partial charge < -0.3 is 10.2 Å². The van der Waals surface area contributed by atoms with Crippen molar-refractivity contribution in [3.8, 4) is 0 Å². The van der Waals surface area contributed by atoms with E-state index in [1.54, 1.807) is 0 Å². The second-order valence-electron chi connectivity index (χ2n) is 4.95. The van der Waals surface area contributed by atoms with Gasteiger partial charge in [0, 0.05) is 22.6 Å². The Morgan fingerprint density at radius 1 is 1.56 bits per heavy atom. The molecule has 1 atom stereocenters. The second-order valence-corrected chi connectivity index (χ2v) is 5.80. The van der Waals surface area contributed by atoms with Crippen LogP contribution in [-0.2, 0) is 0 Å². The third-order valence-electron chi connectivity index (χ3n) is 3.60. The van der Waals surface area contributed by atoms with Crippen LogP contribution in [0.25, 0.3) is 0 Å². The van der Waals surface area contributed by atoms with E-state index in [2.05, 4.69) is 33.2 Å². The number of hydrogen-bond acceptors (Lipinski definition) is 2. The molecule has 0 radical (unpaired) electrons. The zero-order valence-corrected chi connectivity index (χ0v) is 12.5. The largest absolute Gasteiger partial charge is 0.350 e. The summed E-state index contributed by atoms with van der Waals surface area (Å²) in [7, 11) is 2.12. The van der Waals surface area contributed by atoms with Crippen molar-refractivity contribution in [1.82, 2.24) is 10.2 Å². The molecule has 1 aliphatic heterocycles. The van der Waals surface area contributed by atoms with Crippen LogP contribution >= 0.6 is 15.9 Å². The maximum atomic E-state index is 12.0. The van der Waals surface area contributed by atoms with Gasteiger partial charge in [-0.2, -0.15) is 0 Å². The molecule has 3 nitrogen and oxygen atoms in total. The second kappa shape index (κ2) is 5.85. The summed E-state index contributed by atoms with van der Waals surface area (Å²) in [5.41, 5.74) is 1.86. The van der Waals surface area contributed by atoms with Crippen LogP contribution in [0.5, 0.6) is 0 Å². The van der Waals surface area contributed by atoms with E-state index in [9.17, 15) is 4.79 Å². The number of nitrogens with zero attached hydrogens (tertiary/aromatic N) is 1. The lowest BCUT2D eigenvalue weighted by atomic mass is 10.1. The summed E-state index contributed by atoms with van der Waals surface area (Å²) in [4.78, 5) is 14.3. The average Bonchev–Trinajstić information content (AvgIpc) is 2.75. The molecule has 4 heteroatoms. The van der Waals surface area contributed by atoms with Gasteiger partial charge >= 0.3 is 0 Å². The molecule has 0 aromatic heterocycles. The molecule has 18 heavy (non-hydrogen) atoms. The number of hydrogen-bond donors (Lipinski definition) is 1. The Morgan fingerprint density at radius 2 is 2.33 bits per heavy atom. The van der Waals surface area contributed by atoms with Crippen LogP contribution in [0, 0.1) is 6.92 Å². The van der Waals surface area contributed by atoms with Gasteiger partial charge in [-0.15, -0.1) is 0 Å². The summed E-state index contributed by atoms with van der Waals surface area (Å²) in [5.74, 6) is 0.0102. The van der Waals surface area contributed by atoms with Crippen LogP contribution in [0.1, 0.15) is 28.8 Å². The van der Waals surface area contributed by atoms with Gasteiger partial charge in [0.25, 0.3) is 5.91 Å². The number of amides is 1. The smallest absolute Gasteiger partial charge is 0.251 e. The minimum absolute atomic E-state index is 0.0102. The molecule has 1 unspecified atom stereocenters. The molecule has 1 aromatic rings. The Balaban J connectivity index is 1.93. The van der Waals surface area contributed by atoms with Gasteiger partial charge in [-0.3, -0.25) is 4.79 Å². The van der Waals surface area contributed by atoms with Crippen molar-refractivity contribution in [1.29, 1.82) is 0 Å². The number of rotatable bonds is 3. The van der Waals surface area contributed by atoms with Crippen molar-refractivity contribution in [2.75, 3.05) is 20.1 Å². The zero-order valence-electron chi connectivity index (χ0n) is 10.9. The monoisotopic (exact) mass is 310 g/mol. The molecule has 2 rings (SSSR count). The number of likely N-dealkylation sites (tertiary alicyclic amines) is 1. The number of likely N-dealkylation sites (N-methyl/N-ethyl adjacent to an activating group) is 1. The van der Waals surface area contributed by atoms with Crippen LogP contribution in [0.2, 0.25) is 0 Å². The van der Waals surface area contributed by atoms with Gasteiger partial charge in [-0.1, -0.05) is 22.0 Å². The molecule has 0 saturated carbocycles. The van der Waals surface area contributed by atoms with Crippen molar-refractivity contribution < 1.29 is 4.79 Å². The van der Waals surface area contributed by atoms with Gasteiger partial charge in [-0.25, -0.2) is 0 Å². The SMILES string of the molecule is Cc1ccc(C(=O)NCC2CCCN2C)cc1Br. The molecule has 0 spiro atoms. The highest BCUT2D eigenvalue weighted by Gasteiger charge is 2.21. The summed E-state index contributed by atoms with van der Waals surface area (Å²) in [6.45, 7) is 3.89. The van der Waals surface area contributed by atoms with Crippen LogP contribution in [0.15, 0.2) is 22.7 Å². The topological polar surface area (TPSA) is 32.3 Å². The third kappa shape index (κ3) is 3.12. The van der Waals surface area contributed by atoms with E-state index >= 15 is 0 Å². The lowest BCUT2D eigenvalue weighted by Crippen LogP contribution is -2.38. The van der Waals surface area contributed by atoms with E-state index < -0.39 is 0 Å². The number of benzene rings is 1. The van der Waals surface area contributed by atoms with Crippen molar-refractivity contribution in [2.24, 2.45) is 0 Å². The highest BCUT2D eigenvalue weighted by atomic mass is 79.9. The Labute approximate surface area is 117 Å². The molecular weight excluding hydrogens is 292 g/mol. The minimum atomic E-state index is 0.0102. The summed E-state index contributed by atoms with van der Waals surface area (Å²) >= 11 is 3.45. The normalized spacial score (nSPS) is 20.1. The predicted molar refractivity (Wildman–Crippen MR) is 76.9 cm³/mol. The quantitative estimate of drug-likeness (QED) is 0.930. The van der Waals surface area contributed by atoms with E-state index in [0.717, 1.165) is 23.1 Å². The Bertz CT molecular complexity index is 447. The van der Waals surface area contributed by atoms with Crippen LogP contribution in [0.4, 0.5) is 0 Å². The number of carbonyl (C=O) groups excluding carboxylic acids is 1. The fourth-order valence-electron chi connectivity index (χ4n) is 2.28. The molecule has 1 saturated heterocycles. The molecule has 1 heterocycles. The van der Waals surface area contributed by atoms with E-state index in [4.69, 9.17) is 0 Å². The van der Waals surface area contributed by atoms with E-state index in [-0.39, 0.29) is 5.91 Å². The van der Waals surface area contributed by atoms with E-state index in [1.807, 2.05) is 25.1 Å². The summed E-state index contributed by atoms with van der Waals surface area (Å²) in [5, 5.41) is 3.02. The highest BCUT2D eigenvalue weighted by Crippen LogP contribution is 2.18. The third-order valence-corrected chi connectivity index (χ3v) is 4.46. The molecule has 0 aliphatic carbocycles. The number of carbonyl (C=O) groups is 1. The first-order chi connectivity index (χ1) is 8.58. The van der Waals surface area contributed by atoms with Crippen molar-refractivity contribution in [3.63, 3.8) is 0 Å². The number of halogens is 1. The standard InChI is InChI=1S/C14H19BrN2O/c1-10-5-6-11(8-13(10)15)14(18)16-9-12-4-3-7-17(12)2/h5-6,8,12H,3-4,7,9H2,1-2H3,(H,16,18). The fraction of sp³-hybridized carbons (Fsp3) is 0.500. The van der Waals surface area contributed by atoms with Gasteiger partial charge in [0.05, 0.1) is 0 Å². The van der Waals surface area contributed by atoms with Gasteiger partial charge in [0.1, 0.15) is 0 Å². The predicted octanol–water partition coefficient (Wildman–Crippen LogP) is 2.58. The van der Waals surface area contributed by atoms with Crippen LogP contribution in [-0.4, -0.2) is 37.0 Å². The molecule has 0 bridgehead atoms. The summed E-state index contributed by atoms with van der Waals surface area (Å²) in [6.07, 6.45) is 2.40. The molecule has 1 aromatic carbocycles. The van der Waals surface area contributed by atoms with Crippen molar-refractivity contribution >= 4 is 21.8 Å². The van der Waals surface area contributed by atoms with Gasteiger partial charge in [0.15, 0.2) is 0 Å². The minimum Gasteiger partial charge on any atom is -0.350 e. The molecule has 98 valence electrons. The molecule has 1 amide bonds. The van der Waals surface area contributed by atoms with E-state index in [0.29, 0.717) is 11.6 Å². The fourth-order valence-corrected chi connectivity index (χ4v) is 2.66.